The lowest BCUT2D eigenvalue weighted by Crippen LogP contribution is -2.31. The summed E-state index contributed by atoms with van der Waals surface area (Å²) >= 11 is 11.6. The van der Waals surface area contributed by atoms with Crippen molar-refractivity contribution in [3.8, 4) is 5.82 Å². The Morgan fingerprint density at radius 1 is 1.03 bits per heavy atom. The van der Waals surface area contributed by atoms with Crippen LogP contribution in [0.1, 0.15) is 21.6 Å². The molecule has 0 fully saturated rings. The van der Waals surface area contributed by atoms with Gasteiger partial charge in [-0.25, -0.2) is 9.97 Å². The van der Waals surface area contributed by atoms with Crippen molar-refractivity contribution in [1.82, 2.24) is 20.0 Å². The number of aromatic nitrogens is 3. The number of carbonyl (C=O) groups excluding carboxylic acids is 1. The zero-order chi connectivity index (χ0) is 23.0. The standard InChI is InChI=1S/C17H9Cl2F6N5O/c18-10-6-8(16(20,21)22)7-27-14(10)30-5-1-2-11(30)15(31)29-28-13-12(19)9(3-4-26-13)17(23,24)25/h1-7H,(H,26,28)(H,29,31). The van der Waals surface area contributed by atoms with E-state index in [1.807, 2.05) is 0 Å². The van der Waals surface area contributed by atoms with Crippen molar-refractivity contribution in [1.29, 1.82) is 0 Å². The van der Waals surface area contributed by atoms with Gasteiger partial charge in [0.05, 0.1) is 21.2 Å². The number of hydrogen-bond acceptors (Lipinski definition) is 4. The average Bonchev–Trinajstić information content (AvgIpc) is 3.14. The minimum Gasteiger partial charge on any atom is -0.295 e. The lowest BCUT2D eigenvalue weighted by Gasteiger charge is -2.15. The molecule has 164 valence electrons. The number of carbonyl (C=O) groups is 1. The van der Waals surface area contributed by atoms with E-state index in [0.29, 0.717) is 18.3 Å². The molecule has 0 spiro atoms. The van der Waals surface area contributed by atoms with E-state index in [1.54, 1.807) is 0 Å². The lowest BCUT2D eigenvalue weighted by molar-refractivity contribution is -0.138. The molecule has 0 aliphatic carbocycles. The summed E-state index contributed by atoms with van der Waals surface area (Å²) in [6, 6.07) is 3.99. The quantitative estimate of drug-likeness (QED) is 0.386. The van der Waals surface area contributed by atoms with E-state index >= 15 is 0 Å². The van der Waals surface area contributed by atoms with Gasteiger partial charge < -0.3 is 0 Å². The second-order valence-electron chi connectivity index (χ2n) is 5.89. The van der Waals surface area contributed by atoms with E-state index in [9.17, 15) is 31.1 Å². The largest absolute Gasteiger partial charge is 0.418 e. The summed E-state index contributed by atoms with van der Waals surface area (Å²) in [7, 11) is 0. The van der Waals surface area contributed by atoms with Crippen LogP contribution < -0.4 is 10.9 Å². The molecule has 3 rings (SSSR count). The number of amides is 1. The number of nitrogens with zero attached hydrogens (tertiary/aromatic N) is 3. The molecular weight excluding hydrogens is 475 g/mol. The first-order valence-electron chi connectivity index (χ1n) is 8.08. The molecule has 0 saturated carbocycles. The molecule has 3 aromatic rings. The topological polar surface area (TPSA) is 71.8 Å². The van der Waals surface area contributed by atoms with Crippen LogP contribution >= 0.6 is 23.2 Å². The molecule has 0 saturated heterocycles. The number of anilines is 1. The first-order chi connectivity index (χ1) is 14.4. The number of pyridine rings is 2. The van der Waals surface area contributed by atoms with Gasteiger partial charge in [0.15, 0.2) is 11.6 Å². The van der Waals surface area contributed by atoms with Gasteiger partial charge in [0.2, 0.25) is 0 Å². The van der Waals surface area contributed by atoms with E-state index in [2.05, 4.69) is 20.8 Å². The molecule has 0 aromatic carbocycles. The monoisotopic (exact) mass is 483 g/mol. The van der Waals surface area contributed by atoms with Crippen LogP contribution in [-0.4, -0.2) is 20.4 Å². The summed E-state index contributed by atoms with van der Waals surface area (Å²) in [6.07, 6.45) is -6.69. The highest BCUT2D eigenvalue weighted by molar-refractivity contribution is 6.33. The molecule has 6 nitrogen and oxygen atoms in total. The van der Waals surface area contributed by atoms with E-state index in [1.165, 1.54) is 18.3 Å². The fourth-order valence-corrected chi connectivity index (χ4v) is 2.97. The van der Waals surface area contributed by atoms with E-state index in [0.717, 1.165) is 10.8 Å². The second-order valence-corrected chi connectivity index (χ2v) is 6.67. The maximum atomic E-state index is 12.9. The third-order valence-corrected chi connectivity index (χ3v) is 4.51. The number of rotatable bonds is 4. The summed E-state index contributed by atoms with van der Waals surface area (Å²) < 4.78 is 78.2. The highest BCUT2D eigenvalue weighted by Gasteiger charge is 2.34. The first-order valence-corrected chi connectivity index (χ1v) is 8.83. The SMILES string of the molecule is O=C(NNc1nccc(C(F)(F)F)c1Cl)c1cccn1-c1ncc(C(F)(F)F)cc1Cl. The van der Waals surface area contributed by atoms with Crippen molar-refractivity contribution in [2.75, 3.05) is 5.43 Å². The Labute approximate surface area is 179 Å². The summed E-state index contributed by atoms with van der Waals surface area (Å²) in [5, 5.41) is -1.14. The molecule has 1 amide bonds. The zero-order valence-electron chi connectivity index (χ0n) is 14.8. The van der Waals surface area contributed by atoms with Gasteiger partial charge >= 0.3 is 12.4 Å². The predicted molar refractivity (Wildman–Crippen MR) is 98.9 cm³/mol. The smallest absolute Gasteiger partial charge is 0.295 e. The Kier molecular flexibility index (Phi) is 6.05. The molecule has 14 heteroatoms. The van der Waals surface area contributed by atoms with Gasteiger partial charge in [-0.1, -0.05) is 23.2 Å². The van der Waals surface area contributed by atoms with Gasteiger partial charge in [0, 0.05) is 18.6 Å². The van der Waals surface area contributed by atoms with Crippen LogP contribution in [0.25, 0.3) is 5.82 Å². The van der Waals surface area contributed by atoms with E-state index in [-0.39, 0.29) is 16.5 Å². The summed E-state index contributed by atoms with van der Waals surface area (Å²) in [5.74, 6) is -1.51. The molecule has 0 aliphatic rings. The highest BCUT2D eigenvalue weighted by atomic mass is 35.5. The molecule has 0 aliphatic heterocycles. The van der Waals surface area contributed by atoms with Crippen LogP contribution in [0.2, 0.25) is 10.0 Å². The van der Waals surface area contributed by atoms with Gasteiger partial charge in [-0.05, 0) is 24.3 Å². The van der Waals surface area contributed by atoms with Gasteiger partial charge in [0.25, 0.3) is 5.91 Å². The van der Waals surface area contributed by atoms with Gasteiger partial charge in [-0.15, -0.1) is 0 Å². The maximum absolute atomic E-state index is 12.9. The van der Waals surface area contributed by atoms with Crippen molar-refractivity contribution in [3.63, 3.8) is 0 Å². The second kappa shape index (κ2) is 8.27. The van der Waals surface area contributed by atoms with Crippen LogP contribution in [-0.2, 0) is 12.4 Å². The van der Waals surface area contributed by atoms with Crippen molar-refractivity contribution >= 4 is 34.9 Å². The number of hydrazine groups is 1. The zero-order valence-corrected chi connectivity index (χ0v) is 16.3. The number of halogens is 8. The molecule has 3 aromatic heterocycles. The lowest BCUT2D eigenvalue weighted by atomic mass is 10.2. The van der Waals surface area contributed by atoms with Crippen molar-refractivity contribution in [2.45, 2.75) is 12.4 Å². The Morgan fingerprint density at radius 3 is 2.35 bits per heavy atom. The Hall–Kier alpha value is -2.99. The number of alkyl halides is 6. The van der Waals surface area contributed by atoms with Crippen molar-refractivity contribution in [2.24, 2.45) is 0 Å². The van der Waals surface area contributed by atoms with Gasteiger partial charge in [-0.2, -0.15) is 26.3 Å². The van der Waals surface area contributed by atoms with Gasteiger partial charge in [0.1, 0.15) is 5.69 Å². The summed E-state index contributed by atoms with van der Waals surface area (Å²) in [5.41, 5.74) is 1.91. The minimum absolute atomic E-state index is 0.134. The molecule has 2 N–H and O–H groups in total. The predicted octanol–water partition coefficient (Wildman–Crippen LogP) is 5.37. The molecular formula is C17H9Cl2F6N5O. The third-order valence-electron chi connectivity index (χ3n) is 3.85. The molecule has 31 heavy (non-hydrogen) atoms. The first kappa shape index (κ1) is 22.7. The minimum atomic E-state index is -4.74. The Morgan fingerprint density at radius 2 is 1.74 bits per heavy atom. The summed E-state index contributed by atoms with van der Waals surface area (Å²) in [4.78, 5) is 19.7. The maximum Gasteiger partial charge on any atom is 0.418 e. The fourth-order valence-electron chi connectivity index (χ4n) is 2.44. The fraction of sp³-hybridized carbons (Fsp3) is 0.118. The molecule has 0 radical (unpaired) electrons. The van der Waals surface area contributed by atoms with E-state index in [4.69, 9.17) is 23.2 Å². The number of nitrogens with one attached hydrogen (secondary N) is 2. The van der Waals surface area contributed by atoms with Crippen LogP contribution in [0, 0.1) is 0 Å². The average molecular weight is 484 g/mol. The molecule has 0 unspecified atom stereocenters. The Bertz CT molecular complexity index is 1130. The number of hydrogen-bond donors (Lipinski definition) is 2. The van der Waals surface area contributed by atoms with Crippen LogP contribution in [0.5, 0.6) is 0 Å². The third kappa shape index (κ3) is 4.85. The van der Waals surface area contributed by atoms with Crippen molar-refractivity contribution < 1.29 is 31.1 Å². The molecule has 3 heterocycles. The Balaban J connectivity index is 1.83. The van der Waals surface area contributed by atoms with Gasteiger partial charge in [-0.3, -0.25) is 20.2 Å². The van der Waals surface area contributed by atoms with Crippen molar-refractivity contribution in [3.05, 3.63) is 69.7 Å². The van der Waals surface area contributed by atoms with Crippen LogP contribution in [0.4, 0.5) is 32.2 Å². The highest BCUT2D eigenvalue weighted by Crippen LogP contribution is 2.37. The van der Waals surface area contributed by atoms with Crippen LogP contribution in [0.15, 0.2) is 42.9 Å². The summed E-state index contributed by atoms with van der Waals surface area (Å²) in [6.45, 7) is 0. The molecule has 0 bridgehead atoms. The normalized spacial score (nSPS) is 12.0. The van der Waals surface area contributed by atoms with E-state index < -0.39 is 40.2 Å². The van der Waals surface area contributed by atoms with Crippen LogP contribution in [0.3, 0.4) is 0 Å². The molecule has 0 atom stereocenters.